The van der Waals surface area contributed by atoms with Gasteiger partial charge >= 0.3 is 0 Å². The smallest absolute Gasteiger partial charge is 0.0762 e. The minimum atomic E-state index is 0.635. The van der Waals surface area contributed by atoms with Gasteiger partial charge in [0.25, 0.3) is 0 Å². The maximum absolute atomic E-state index is 4.73. The van der Waals surface area contributed by atoms with E-state index in [1.807, 2.05) is 11.3 Å². The molecule has 0 spiro atoms. The van der Waals surface area contributed by atoms with Crippen LogP contribution in [0.5, 0.6) is 0 Å². The number of halogens is 1. The van der Waals surface area contributed by atoms with Gasteiger partial charge in [0.15, 0.2) is 0 Å². The van der Waals surface area contributed by atoms with Gasteiger partial charge in [0.2, 0.25) is 0 Å². The van der Waals surface area contributed by atoms with Gasteiger partial charge in [-0.25, -0.2) is 0 Å². The molecule has 3 rings (SSSR count). The van der Waals surface area contributed by atoms with Gasteiger partial charge in [0, 0.05) is 24.2 Å². The van der Waals surface area contributed by atoms with Crippen molar-refractivity contribution in [3.8, 4) is 0 Å². The molecule has 0 atom stereocenters. The normalized spacial score (nSPS) is 16.4. The zero-order chi connectivity index (χ0) is 14.5. The molecular formula is C16H22BrN3S. The molecule has 0 aromatic carbocycles. The van der Waals surface area contributed by atoms with E-state index in [2.05, 4.69) is 50.3 Å². The number of rotatable bonds is 6. The summed E-state index contributed by atoms with van der Waals surface area (Å²) in [6, 6.07) is 7.10. The topological polar surface area (TPSA) is 29.9 Å². The summed E-state index contributed by atoms with van der Waals surface area (Å²) in [6.45, 7) is 1.87. The second kappa shape index (κ2) is 7.56. The van der Waals surface area contributed by atoms with Crippen LogP contribution in [0.2, 0.25) is 0 Å². The van der Waals surface area contributed by atoms with E-state index in [-0.39, 0.29) is 0 Å². The first-order chi connectivity index (χ1) is 10.3. The fraction of sp³-hybridized carbons (Fsp3) is 0.562. The first kappa shape index (κ1) is 15.3. The molecule has 1 saturated carbocycles. The minimum absolute atomic E-state index is 0.635. The molecule has 0 bridgehead atoms. The third-order valence-corrected chi connectivity index (χ3v) is 5.78. The summed E-state index contributed by atoms with van der Waals surface area (Å²) in [5, 5.41) is 8.22. The summed E-state index contributed by atoms with van der Waals surface area (Å²) in [5.41, 5.74) is 1.16. The highest BCUT2D eigenvalue weighted by molar-refractivity contribution is 9.11. The highest BCUT2D eigenvalue weighted by atomic mass is 79.9. The van der Waals surface area contributed by atoms with Crippen LogP contribution in [-0.4, -0.2) is 16.3 Å². The lowest BCUT2D eigenvalue weighted by atomic mass is 9.96. The molecule has 0 radical (unpaired) electrons. The largest absolute Gasteiger partial charge is 0.311 e. The Hall–Kier alpha value is -0.650. The molecule has 0 amide bonds. The van der Waals surface area contributed by atoms with Crippen LogP contribution in [0.4, 0.5) is 0 Å². The van der Waals surface area contributed by atoms with Crippen LogP contribution in [0.15, 0.2) is 28.2 Å². The third-order valence-electron chi connectivity index (χ3n) is 4.10. The molecule has 114 valence electrons. The summed E-state index contributed by atoms with van der Waals surface area (Å²) in [7, 11) is 0. The van der Waals surface area contributed by atoms with E-state index in [1.165, 1.54) is 40.8 Å². The molecule has 2 aromatic heterocycles. The van der Waals surface area contributed by atoms with Gasteiger partial charge in [-0.05, 0) is 53.4 Å². The van der Waals surface area contributed by atoms with E-state index in [4.69, 9.17) is 5.10 Å². The third kappa shape index (κ3) is 4.41. The number of thiophene rings is 1. The van der Waals surface area contributed by atoms with Crippen LogP contribution < -0.4 is 5.32 Å². The lowest BCUT2D eigenvalue weighted by Gasteiger charge is -2.21. The maximum atomic E-state index is 4.73. The van der Waals surface area contributed by atoms with E-state index in [0.717, 1.165) is 25.2 Å². The summed E-state index contributed by atoms with van der Waals surface area (Å²) in [5.74, 6) is 0. The molecule has 5 heteroatoms. The van der Waals surface area contributed by atoms with Gasteiger partial charge in [-0.15, -0.1) is 11.3 Å². The molecular weight excluding hydrogens is 346 g/mol. The first-order valence-electron chi connectivity index (χ1n) is 7.80. The van der Waals surface area contributed by atoms with Gasteiger partial charge in [-0.1, -0.05) is 19.3 Å². The van der Waals surface area contributed by atoms with Crippen LogP contribution in [0.25, 0.3) is 0 Å². The Morgan fingerprint density at radius 2 is 2.10 bits per heavy atom. The number of hydrogen-bond donors (Lipinski definition) is 1. The molecule has 21 heavy (non-hydrogen) atoms. The van der Waals surface area contributed by atoms with Gasteiger partial charge in [-0.3, -0.25) is 4.68 Å². The van der Waals surface area contributed by atoms with Crippen LogP contribution >= 0.6 is 27.3 Å². The van der Waals surface area contributed by atoms with Crippen molar-refractivity contribution in [3.05, 3.63) is 38.8 Å². The number of nitrogens with zero attached hydrogens (tertiary/aromatic N) is 2. The Kier molecular flexibility index (Phi) is 5.49. The van der Waals surface area contributed by atoms with E-state index in [1.54, 1.807) is 0 Å². The molecule has 0 aliphatic heterocycles. The Labute approximate surface area is 138 Å². The van der Waals surface area contributed by atoms with Crippen molar-refractivity contribution in [1.82, 2.24) is 15.1 Å². The van der Waals surface area contributed by atoms with Crippen molar-refractivity contribution >= 4 is 27.3 Å². The monoisotopic (exact) mass is 367 g/mol. The van der Waals surface area contributed by atoms with Crippen molar-refractivity contribution in [1.29, 1.82) is 0 Å². The summed E-state index contributed by atoms with van der Waals surface area (Å²) in [6.07, 6.45) is 9.93. The van der Waals surface area contributed by atoms with Gasteiger partial charge < -0.3 is 5.32 Å². The predicted molar refractivity (Wildman–Crippen MR) is 91.8 cm³/mol. The second-order valence-electron chi connectivity index (χ2n) is 5.71. The Morgan fingerprint density at radius 3 is 2.86 bits per heavy atom. The summed E-state index contributed by atoms with van der Waals surface area (Å²) in [4.78, 5) is 1.42. The van der Waals surface area contributed by atoms with E-state index < -0.39 is 0 Å². The Bertz CT molecular complexity index is 557. The molecule has 2 heterocycles. The Balaban J connectivity index is 1.42. The molecule has 1 aliphatic carbocycles. The van der Waals surface area contributed by atoms with Crippen LogP contribution in [0.1, 0.15) is 48.7 Å². The first-order valence-corrected chi connectivity index (χ1v) is 9.41. The highest BCUT2D eigenvalue weighted by Crippen LogP contribution is 2.27. The molecule has 1 N–H and O–H groups in total. The predicted octanol–water partition coefficient (Wildman–Crippen LogP) is 4.54. The fourth-order valence-electron chi connectivity index (χ4n) is 2.93. The molecule has 3 nitrogen and oxygen atoms in total. The highest BCUT2D eigenvalue weighted by Gasteiger charge is 2.15. The van der Waals surface area contributed by atoms with E-state index in [9.17, 15) is 0 Å². The van der Waals surface area contributed by atoms with Gasteiger partial charge in [0.05, 0.1) is 15.5 Å². The van der Waals surface area contributed by atoms with E-state index in [0.29, 0.717) is 6.04 Å². The zero-order valence-corrected chi connectivity index (χ0v) is 14.6. The lowest BCUT2D eigenvalue weighted by molar-refractivity contribution is 0.327. The zero-order valence-electron chi connectivity index (χ0n) is 12.2. The number of aromatic nitrogens is 2. The number of hydrogen-bond acceptors (Lipinski definition) is 3. The fourth-order valence-corrected chi connectivity index (χ4v) is 4.42. The minimum Gasteiger partial charge on any atom is -0.311 e. The van der Waals surface area contributed by atoms with Gasteiger partial charge in [0.1, 0.15) is 0 Å². The molecule has 0 saturated heterocycles. The maximum Gasteiger partial charge on any atom is 0.0762 e. The average Bonchev–Trinajstić information content (AvgIpc) is 3.14. The molecule has 0 unspecified atom stereocenters. The standard InChI is InChI=1S/C16H22BrN3S/c17-16-7-6-15(21-16)8-10-18-12-13-9-11-20(19-13)14-4-2-1-3-5-14/h6-7,9,11,14,18H,1-5,8,10,12H2. The quantitative estimate of drug-likeness (QED) is 0.759. The van der Waals surface area contributed by atoms with Crippen LogP contribution in [0, 0.1) is 0 Å². The van der Waals surface area contributed by atoms with Crippen molar-refractivity contribution in [2.24, 2.45) is 0 Å². The van der Waals surface area contributed by atoms with Crippen LogP contribution in [-0.2, 0) is 13.0 Å². The molecule has 2 aromatic rings. The van der Waals surface area contributed by atoms with Crippen molar-refractivity contribution in [2.75, 3.05) is 6.54 Å². The number of nitrogens with one attached hydrogen (secondary N) is 1. The van der Waals surface area contributed by atoms with Crippen LogP contribution in [0.3, 0.4) is 0 Å². The summed E-state index contributed by atoms with van der Waals surface area (Å²) < 4.78 is 3.40. The summed E-state index contributed by atoms with van der Waals surface area (Å²) >= 11 is 5.32. The van der Waals surface area contributed by atoms with E-state index >= 15 is 0 Å². The SMILES string of the molecule is Brc1ccc(CCNCc2ccn(C3CCCCC3)n2)s1. The van der Waals surface area contributed by atoms with Crippen molar-refractivity contribution in [2.45, 2.75) is 51.1 Å². The average molecular weight is 368 g/mol. The molecule has 1 aliphatic rings. The second-order valence-corrected chi connectivity index (χ2v) is 8.26. The Morgan fingerprint density at radius 1 is 1.24 bits per heavy atom. The van der Waals surface area contributed by atoms with Gasteiger partial charge in [-0.2, -0.15) is 5.10 Å². The molecule has 1 fully saturated rings. The van der Waals surface area contributed by atoms with Crippen molar-refractivity contribution < 1.29 is 0 Å². The van der Waals surface area contributed by atoms with Crippen molar-refractivity contribution in [3.63, 3.8) is 0 Å². The lowest BCUT2D eigenvalue weighted by Crippen LogP contribution is -2.18.